The van der Waals surface area contributed by atoms with Gasteiger partial charge in [0.05, 0.1) is 26.2 Å². The second kappa shape index (κ2) is 8.42. The lowest BCUT2D eigenvalue weighted by Crippen LogP contribution is -2.50. The average Bonchev–Trinajstić information content (AvgIpc) is 2.53. The van der Waals surface area contributed by atoms with E-state index in [0.29, 0.717) is 17.2 Å². The van der Waals surface area contributed by atoms with Crippen LogP contribution in [-0.2, 0) is 14.8 Å². The largest absolute Gasteiger partial charge is 0.493 e. The number of carbonyl (C=O) groups is 1. The third-order valence-corrected chi connectivity index (χ3v) is 5.32. The molecule has 0 saturated heterocycles. The first-order valence-electron chi connectivity index (χ1n) is 8.04. The highest BCUT2D eigenvalue weighted by molar-refractivity contribution is 7.92. The number of sulfonamides is 1. The molecule has 0 fully saturated rings. The number of hydrogen-bond acceptors (Lipinski definition) is 5. The molecule has 0 spiro atoms. The Balaban J connectivity index is 3.25. The van der Waals surface area contributed by atoms with E-state index in [1.165, 1.54) is 20.3 Å². The van der Waals surface area contributed by atoms with E-state index in [-0.39, 0.29) is 17.9 Å². The molecule has 142 valence electrons. The number of rotatable bonds is 8. The summed E-state index contributed by atoms with van der Waals surface area (Å²) in [6.07, 6.45) is 1.07. The first-order valence-corrected chi connectivity index (χ1v) is 9.89. The zero-order chi connectivity index (χ0) is 19.4. The zero-order valence-electron chi connectivity index (χ0n) is 15.9. The molecule has 1 N–H and O–H groups in total. The molecule has 0 aliphatic rings. The molecule has 2 atom stereocenters. The lowest BCUT2D eigenvalue weighted by Gasteiger charge is -2.30. The van der Waals surface area contributed by atoms with Crippen LogP contribution in [0.2, 0.25) is 0 Å². The topological polar surface area (TPSA) is 84.9 Å². The maximum absolute atomic E-state index is 12.5. The number of hydrogen-bond donors (Lipinski definition) is 1. The number of amides is 1. The molecular formula is C17H28N2O5S. The van der Waals surface area contributed by atoms with Gasteiger partial charge in [0.25, 0.3) is 0 Å². The number of carbonyl (C=O) groups excluding carboxylic acids is 1. The molecule has 0 heterocycles. The van der Waals surface area contributed by atoms with Crippen LogP contribution in [0.25, 0.3) is 0 Å². The third-order valence-electron chi connectivity index (χ3n) is 4.08. The smallest absolute Gasteiger partial charge is 0.243 e. The van der Waals surface area contributed by atoms with E-state index in [1.54, 1.807) is 19.1 Å². The zero-order valence-corrected chi connectivity index (χ0v) is 16.7. The second-order valence-electron chi connectivity index (χ2n) is 6.32. The van der Waals surface area contributed by atoms with Crippen molar-refractivity contribution in [3.63, 3.8) is 0 Å². The molecule has 7 nitrogen and oxygen atoms in total. The number of anilines is 1. The van der Waals surface area contributed by atoms with E-state index in [1.807, 2.05) is 20.8 Å². The minimum Gasteiger partial charge on any atom is -0.493 e. The molecule has 0 aliphatic heterocycles. The van der Waals surface area contributed by atoms with Crippen molar-refractivity contribution in [1.82, 2.24) is 5.32 Å². The summed E-state index contributed by atoms with van der Waals surface area (Å²) in [5.74, 6) is 0.743. The molecule has 0 bridgehead atoms. The van der Waals surface area contributed by atoms with Crippen molar-refractivity contribution in [1.29, 1.82) is 0 Å². The lowest BCUT2D eigenvalue weighted by atomic mass is 10.1. The normalized spacial score (nSPS) is 13.9. The predicted molar refractivity (Wildman–Crippen MR) is 98.8 cm³/mol. The van der Waals surface area contributed by atoms with Crippen LogP contribution in [0, 0.1) is 5.92 Å². The summed E-state index contributed by atoms with van der Waals surface area (Å²) >= 11 is 0. The molecular weight excluding hydrogens is 344 g/mol. The molecule has 8 heteroatoms. The Hall–Kier alpha value is -1.96. The first-order chi connectivity index (χ1) is 11.5. The van der Waals surface area contributed by atoms with E-state index in [9.17, 15) is 13.2 Å². The van der Waals surface area contributed by atoms with Gasteiger partial charge in [-0.3, -0.25) is 9.10 Å². The van der Waals surface area contributed by atoms with Crippen molar-refractivity contribution in [2.75, 3.05) is 24.8 Å². The number of benzene rings is 1. The van der Waals surface area contributed by atoms with Gasteiger partial charge in [-0.2, -0.15) is 0 Å². The van der Waals surface area contributed by atoms with Gasteiger partial charge in [0.2, 0.25) is 15.9 Å². The van der Waals surface area contributed by atoms with E-state index >= 15 is 0 Å². The Morgan fingerprint density at radius 2 is 1.64 bits per heavy atom. The predicted octanol–water partition coefficient (Wildman–Crippen LogP) is 2.02. The van der Waals surface area contributed by atoms with E-state index in [2.05, 4.69) is 5.32 Å². The molecule has 0 aromatic heterocycles. The standard InChI is InChI=1S/C17H28N2O5S/c1-11(2)12(3)18-17(20)13(4)19(25(7,21)22)14-8-9-15(23-5)16(10-14)24-6/h8-13H,1-7H3,(H,18,20)/t12-,13+/m1/s1. The summed E-state index contributed by atoms with van der Waals surface area (Å²) in [6, 6.07) is 3.75. The van der Waals surface area contributed by atoms with Gasteiger partial charge < -0.3 is 14.8 Å². The summed E-state index contributed by atoms with van der Waals surface area (Å²) < 4.78 is 36.1. The Kier molecular flexibility index (Phi) is 7.10. The number of nitrogens with one attached hydrogen (secondary N) is 1. The van der Waals surface area contributed by atoms with Crippen LogP contribution in [-0.4, -0.2) is 46.9 Å². The van der Waals surface area contributed by atoms with Gasteiger partial charge in [0.1, 0.15) is 6.04 Å². The Bertz CT molecular complexity index is 703. The molecule has 1 amide bonds. The van der Waals surface area contributed by atoms with Crippen molar-refractivity contribution in [2.24, 2.45) is 5.92 Å². The van der Waals surface area contributed by atoms with Crippen LogP contribution in [0.1, 0.15) is 27.7 Å². The van der Waals surface area contributed by atoms with Crippen molar-refractivity contribution >= 4 is 21.6 Å². The molecule has 0 aliphatic carbocycles. The highest BCUT2D eigenvalue weighted by Gasteiger charge is 2.30. The fourth-order valence-corrected chi connectivity index (χ4v) is 3.45. The minimum atomic E-state index is -3.69. The SMILES string of the molecule is COc1ccc(N([C@@H](C)C(=O)N[C@H](C)C(C)C)S(C)(=O)=O)cc1OC. The Labute approximate surface area is 150 Å². The number of ether oxygens (including phenoxy) is 2. The molecule has 0 radical (unpaired) electrons. The van der Waals surface area contributed by atoms with Gasteiger partial charge in [0.15, 0.2) is 11.5 Å². The summed E-state index contributed by atoms with van der Waals surface area (Å²) in [6.45, 7) is 7.41. The summed E-state index contributed by atoms with van der Waals surface area (Å²) in [5.41, 5.74) is 0.333. The first kappa shape index (κ1) is 21.1. The number of methoxy groups -OCH3 is 2. The van der Waals surface area contributed by atoms with Crippen molar-refractivity contribution in [3.05, 3.63) is 18.2 Å². The van der Waals surface area contributed by atoms with Crippen LogP contribution in [0.15, 0.2) is 18.2 Å². The van der Waals surface area contributed by atoms with Crippen molar-refractivity contribution in [3.8, 4) is 11.5 Å². The van der Waals surface area contributed by atoms with Gasteiger partial charge in [-0.15, -0.1) is 0 Å². The fraction of sp³-hybridized carbons (Fsp3) is 0.588. The molecule has 1 aromatic carbocycles. The van der Waals surface area contributed by atoms with E-state index < -0.39 is 16.1 Å². The maximum Gasteiger partial charge on any atom is 0.243 e. The van der Waals surface area contributed by atoms with Crippen LogP contribution in [0.3, 0.4) is 0 Å². The highest BCUT2D eigenvalue weighted by atomic mass is 32.2. The molecule has 1 aromatic rings. The van der Waals surface area contributed by atoms with Crippen molar-refractivity contribution in [2.45, 2.75) is 39.8 Å². The summed E-state index contributed by atoms with van der Waals surface area (Å²) in [7, 11) is -0.726. The lowest BCUT2D eigenvalue weighted by molar-refractivity contribution is -0.122. The minimum absolute atomic E-state index is 0.0678. The fourth-order valence-electron chi connectivity index (χ4n) is 2.28. The van der Waals surface area contributed by atoms with Gasteiger partial charge in [-0.05, 0) is 31.9 Å². The van der Waals surface area contributed by atoms with Gasteiger partial charge in [-0.25, -0.2) is 8.42 Å². The monoisotopic (exact) mass is 372 g/mol. The maximum atomic E-state index is 12.5. The Morgan fingerprint density at radius 3 is 2.08 bits per heavy atom. The number of nitrogens with zero attached hydrogens (tertiary/aromatic N) is 1. The van der Waals surface area contributed by atoms with E-state index in [4.69, 9.17) is 9.47 Å². The molecule has 25 heavy (non-hydrogen) atoms. The third kappa shape index (κ3) is 5.26. The van der Waals surface area contributed by atoms with Gasteiger partial charge in [0, 0.05) is 12.1 Å². The molecule has 0 saturated carbocycles. The van der Waals surface area contributed by atoms with Gasteiger partial charge >= 0.3 is 0 Å². The molecule has 1 rings (SSSR count). The van der Waals surface area contributed by atoms with Crippen LogP contribution < -0.4 is 19.1 Å². The summed E-state index contributed by atoms with van der Waals surface area (Å²) in [4.78, 5) is 12.5. The average molecular weight is 372 g/mol. The quantitative estimate of drug-likeness (QED) is 0.755. The summed E-state index contributed by atoms with van der Waals surface area (Å²) in [5, 5.41) is 2.85. The van der Waals surface area contributed by atoms with Crippen LogP contribution in [0.5, 0.6) is 11.5 Å². The highest BCUT2D eigenvalue weighted by Crippen LogP contribution is 2.33. The van der Waals surface area contributed by atoms with Crippen LogP contribution in [0.4, 0.5) is 5.69 Å². The Morgan fingerprint density at radius 1 is 1.08 bits per heavy atom. The van der Waals surface area contributed by atoms with Crippen LogP contribution >= 0.6 is 0 Å². The van der Waals surface area contributed by atoms with E-state index in [0.717, 1.165) is 10.6 Å². The van der Waals surface area contributed by atoms with Crippen molar-refractivity contribution < 1.29 is 22.7 Å². The molecule has 0 unspecified atom stereocenters. The second-order valence-corrected chi connectivity index (χ2v) is 8.17. The van der Waals surface area contributed by atoms with Gasteiger partial charge in [-0.1, -0.05) is 13.8 Å².